The molecule has 1 aromatic rings. The lowest BCUT2D eigenvalue weighted by Crippen LogP contribution is -2.61. The molecule has 17 heteroatoms. The van der Waals surface area contributed by atoms with E-state index in [0.717, 1.165) is 5.56 Å². The Hall–Kier alpha value is -3.30. The van der Waals surface area contributed by atoms with Gasteiger partial charge in [-0.05, 0) is 84.1 Å². The van der Waals surface area contributed by atoms with Crippen LogP contribution >= 0.6 is 0 Å². The number of hydrogen-bond acceptors (Lipinski definition) is 17. The average Bonchev–Trinajstić information content (AvgIpc) is 3.62. The van der Waals surface area contributed by atoms with Crippen molar-refractivity contribution in [3.05, 3.63) is 54.1 Å². The molecular formula is C51H72O17. The minimum Gasteiger partial charge on any atom is -0.458 e. The molecule has 2 saturated carbocycles. The third-order valence-corrected chi connectivity index (χ3v) is 16.1. The molecule has 3 aliphatic heterocycles. The highest BCUT2D eigenvalue weighted by Gasteiger charge is 2.62. The quantitative estimate of drug-likeness (QED) is 0.156. The molecule has 3 heterocycles. The monoisotopic (exact) mass is 956 g/mol. The number of carbonyl (C=O) groups excluding carboxylic acids is 4. The normalized spacial score (nSPS) is 43.6. The fourth-order valence-corrected chi connectivity index (χ4v) is 11.8. The first kappa shape index (κ1) is 52.5. The summed E-state index contributed by atoms with van der Waals surface area (Å²) in [4.78, 5) is 54.3. The van der Waals surface area contributed by atoms with Gasteiger partial charge in [-0.15, -0.1) is 0 Å². The Balaban J connectivity index is 0.993. The Morgan fingerprint density at radius 1 is 0.824 bits per heavy atom. The van der Waals surface area contributed by atoms with E-state index >= 15 is 0 Å². The fourth-order valence-electron chi connectivity index (χ4n) is 11.8. The summed E-state index contributed by atoms with van der Waals surface area (Å²) in [6, 6.07) is 9.20. The van der Waals surface area contributed by atoms with Crippen LogP contribution in [-0.2, 0) is 66.5 Å². The molecule has 0 aromatic heterocycles. The van der Waals surface area contributed by atoms with Crippen molar-refractivity contribution < 1.29 is 81.9 Å². The number of hydrogen-bond donors (Lipinski definition) is 3. The van der Waals surface area contributed by atoms with Crippen LogP contribution in [0.25, 0.3) is 6.08 Å². The standard InChI is InChI=1S/C51H72O17/c1-27(52)33-16-17-38(54)50(33,6)39(66-40(55)18-15-31-13-11-10-12-14-31)23-34-35(53)20-22-51(58)26-32(19-21-49(34,51)5)65-41-24-36(59-7)45(29(3)62-41)67-42-25-37(60-8)46(30(4)63-42)68-48-44(57)47(61-9)43(56)28(2)64-48/h10-15,18,20,22,28-30,32-34,36-37,39,41-48,56-58H,16-17,19,21,23-26H2,1-9H3/b18-15+/t28-,29-,30-,32+,33-,34+,36+,37+,39-,41+,42+,43-,44-,45-,46-,47+,48+,49-,50-,51+/m1/s1. The summed E-state index contributed by atoms with van der Waals surface area (Å²) in [7, 11) is 4.55. The minimum atomic E-state index is -1.52. The third-order valence-electron chi connectivity index (χ3n) is 16.1. The first-order chi connectivity index (χ1) is 32.3. The molecule has 0 unspecified atom stereocenters. The summed E-state index contributed by atoms with van der Waals surface area (Å²) in [6.45, 7) is 10.3. The van der Waals surface area contributed by atoms with Gasteiger partial charge in [-0.1, -0.05) is 37.3 Å². The molecule has 3 aliphatic carbocycles. The van der Waals surface area contributed by atoms with Gasteiger partial charge in [0.1, 0.15) is 48.2 Å². The highest BCUT2D eigenvalue weighted by Crippen LogP contribution is 2.57. The zero-order chi connectivity index (χ0) is 49.3. The van der Waals surface area contributed by atoms with Gasteiger partial charge in [0.25, 0.3) is 0 Å². The van der Waals surface area contributed by atoms with Gasteiger partial charge in [0, 0.05) is 70.3 Å². The van der Waals surface area contributed by atoms with E-state index in [1.807, 2.05) is 51.1 Å². The average molecular weight is 957 g/mol. The molecule has 7 rings (SSSR count). The predicted molar refractivity (Wildman–Crippen MR) is 242 cm³/mol. The topological polar surface area (TPSA) is 221 Å². The van der Waals surface area contributed by atoms with Gasteiger partial charge in [-0.25, -0.2) is 4.79 Å². The lowest BCUT2D eigenvalue weighted by molar-refractivity contribution is -0.352. The van der Waals surface area contributed by atoms with E-state index in [2.05, 4.69) is 0 Å². The van der Waals surface area contributed by atoms with Gasteiger partial charge in [-0.2, -0.15) is 0 Å². The Morgan fingerprint density at radius 3 is 2.07 bits per heavy atom. The van der Waals surface area contributed by atoms with Gasteiger partial charge < -0.3 is 62.7 Å². The maximum atomic E-state index is 14.0. The van der Waals surface area contributed by atoms with Crippen molar-refractivity contribution in [1.29, 1.82) is 0 Å². The van der Waals surface area contributed by atoms with E-state index in [9.17, 15) is 34.5 Å². The van der Waals surface area contributed by atoms with Crippen LogP contribution in [0, 0.1) is 22.7 Å². The summed E-state index contributed by atoms with van der Waals surface area (Å²) in [5, 5.41) is 33.9. The summed E-state index contributed by atoms with van der Waals surface area (Å²) < 4.78 is 61.2. The zero-order valence-corrected chi connectivity index (χ0v) is 40.7. The lowest BCUT2D eigenvalue weighted by Gasteiger charge is -2.55. The van der Waals surface area contributed by atoms with Crippen LogP contribution in [0.5, 0.6) is 0 Å². The zero-order valence-electron chi connectivity index (χ0n) is 40.7. The molecule has 0 radical (unpaired) electrons. The molecule has 1 aromatic carbocycles. The van der Waals surface area contributed by atoms with E-state index in [0.29, 0.717) is 25.7 Å². The van der Waals surface area contributed by atoms with Crippen LogP contribution in [0.3, 0.4) is 0 Å². The lowest BCUT2D eigenvalue weighted by atomic mass is 9.52. The molecule has 17 nitrogen and oxygen atoms in total. The maximum Gasteiger partial charge on any atom is 0.331 e. The summed E-state index contributed by atoms with van der Waals surface area (Å²) in [5.41, 5.74) is -3.17. The van der Waals surface area contributed by atoms with E-state index in [4.69, 9.17) is 47.4 Å². The number of aliphatic hydroxyl groups is 3. The summed E-state index contributed by atoms with van der Waals surface area (Å²) >= 11 is 0. The van der Waals surface area contributed by atoms with Crippen LogP contribution in [0.2, 0.25) is 0 Å². The number of ketones is 3. The number of ether oxygens (including phenoxy) is 10. The van der Waals surface area contributed by atoms with Crippen molar-refractivity contribution in [3.63, 3.8) is 0 Å². The number of methoxy groups -OCH3 is 3. The van der Waals surface area contributed by atoms with Gasteiger partial charge in [0.2, 0.25) is 0 Å². The first-order valence-corrected chi connectivity index (χ1v) is 24.1. The van der Waals surface area contributed by atoms with E-state index in [1.54, 1.807) is 34.1 Å². The van der Waals surface area contributed by atoms with Gasteiger partial charge in [-0.3, -0.25) is 14.4 Å². The summed E-state index contributed by atoms with van der Waals surface area (Å²) in [5.74, 6) is -2.91. The Morgan fingerprint density at radius 2 is 1.46 bits per heavy atom. The second-order valence-electron chi connectivity index (χ2n) is 20.1. The van der Waals surface area contributed by atoms with Crippen LogP contribution in [0.15, 0.2) is 48.6 Å². The number of esters is 1. The largest absolute Gasteiger partial charge is 0.458 e. The third kappa shape index (κ3) is 10.5. The van der Waals surface area contributed by atoms with Crippen molar-refractivity contribution in [1.82, 2.24) is 0 Å². The number of benzene rings is 1. The molecule has 0 spiro atoms. The SMILES string of the molecule is CO[C@@H]1[C@@H](O)[C@H](O[C@H]2[C@@H](OC)C[C@H](O[C@H]3[C@@H](OC)C[C@H](O[C@H]4CC[C@]5(C)[C@@H](C[C@@H](OC(=O)/C=C/c6ccccc6)[C@@]6(C)C(=O)CC[C@@H]6C(C)=O)C(=O)C=C[C@]5(O)C4)O[C@@H]3C)O[C@@H]2C)O[C@H](C)[C@H]1O. The van der Waals surface area contributed by atoms with E-state index < -0.39 is 126 Å². The molecule has 0 bridgehead atoms. The molecule has 0 amide bonds. The van der Waals surface area contributed by atoms with Crippen LogP contribution in [0.4, 0.5) is 0 Å². The number of fused-ring (bicyclic) bond motifs is 1. The molecule has 5 fully saturated rings. The van der Waals surface area contributed by atoms with Gasteiger partial charge >= 0.3 is 5.97 Å². The molecule has 20 atom stereocenters. The molecule has 378 valence electrons. The Bertz CT molecular complexity index is 1990. The molecule has 3 saturated heterocycles. The van der Waals surface area contributed by atoms with Crippen LogP contribution in [-0.4, -0.2) is 158 Å². The number of carbonyl (C=O) groups is 4. The van der Waals surface area contributed by atoms with E-state index in [1.165, 1.54) is 32.3 Å². The van der Waals surface area contributed by atoms with Gasteiger partial charge in [0.15, 0.2) is 24.7 Å². The number of Topliss-reactive ketones (excluding diaryl/α,β-unsaturated/α-hetero) is 2. The maximum absolute atomic E-state index is 14.0. The van der Waals surface area contributed by atoms with Crippen molar-refractivity contribution in [2.45, 2.75) is 191 Å². The molecule has 68 heavy (non-hydrogen) atoms. The van der Waals surface area contributed by atoms with Gasteiger partial charge in [0.05, 0.1) is 47.6 Å². The van der Waals surface area contributed by atoms with E-state index in [-0.39, 0.29) is 43.0 Å². The minimum absolute atomic E-state index is 0.0654. The molecule has 3 N–H and O–H groups in total. The second-order valence-corrected chi connectivity index (χ2v) is 20.1. The van der Waals surface area contributed by atoms with Crippen molar-refractivity contribution in [2.75, 3.05) is 21.3 Å². The van der Waals surface area contributed by atoms with Crippen LogP contribution in [0.1, 0.15) is 98.5 Å². The Labute approximate surface area is 399 Å². The molecular weight excluding hydrogens is 885 g/mol. The highest BCUT2D eigenvalue weighted by molar-refractivity contribution is 5.97. The fraction of sp³-hybridized carbons (Fsp3) is 0.725. The van der Waals surface area contributed by atoms with Crippen LogP contribution < -0.4 is 0 Å². The van der Waals surface area contributed by atoms with Crippen molar-refractivity contribution in [3.8, 4) is 0 Å². The summed E-state index contributed by atoms with van der Waals surface area (Å²) in [6.07, 6.45) is -3.57. The Kier molecular flexibility index (Phi) is 16.7. The smallest absolute Gasteiger partial charge is 0.331 e. The highest BCUT2D eigenvalue weighted by atomic mass is 16.8. The predicted octanol–water partition coefficient (Wildman–Crippen LogP) is 4.19. The van der Waals surface area contributed by atoms with Crippen molar-refractivity contribution >= 4 is 29.4 Å². The van der Waals surface area contributed by atoms with Crippen molar-refractivity contribution in [2.24, 2.45) is 22.7 Å². The number of rotatable bonds is 16. The number of aliphatic hydroxyl groups excluding tert-OH is 2. The molecule has 6 aliphatic rings. The second kappa shape index (κ2) is 21.6. The first-order valence-electron chi connectivity index (χ1n) is 24.1. The number of allylic oxidation sites excluding steroid dienone is 1.